The van der Waals surface area contributed by atoms with Gasteiger partial charge in [0.05, 0.1) is 17.6 Å². The van der Waals surface area contributed by atoms with E-state index in [9.17, 15) is 9.59 Å². The first kappa shape index (κ1) is 14.2. The van der Waals surface area contributed by atoms with Gasteiger partial charge in [-0.2, -0.15) is 0 Å². The zero-order valence-corrected chi connectivity index (χ0v) is 11.9. The van der Waals surface area contributed by atoms with Crippen molar-refractivity contribution in [2.75, 3.05) is 0 Å². The highest BCUT2D eigenvalue weighted by Crippen LogP contribution is 2.20. The second kappa shape index (κ2) is 5.83. The van der Waals surface area contributed by atoms with Crippen LogP contribution < -0.4 is 5.32 Å². The average Bonchev–Trinajstić information content (AvgIpc) is 2.94. The van der Waals surface area contributed by atoms with Crippen LogP contribution in [0.1, 0.15) is 25.8 Å². The SMILES string of the molecule is Cc1cc(C(=O)NCc2cn(CC(=O)O)nn2)sc1C. The topological polar surface area (TPSA) is 97.1 Å². The van der Waals surface area contributed by atoms with Crippen molar-refractivity contribution in [2.24, 2.45) is 0 Å². The highest BCUT2D eigenvalue weighted by atomic mass is 32.1. The Labute approximate surface area is 119 Å². The molecule has 0 saturated heterocycles. The number of rotatable bonds is 5. The second-order valence-corrected chi connectivity index (χ2v) is 5.59. The zero-order chi connectivity index (χ0) is 14.7. The molecule has 0 aliphatic rings. The molecular weight excluding hydrogens is 280 g/mol. The molecule has 0 aliphatic carbocycles. The summed E-state index contributed by atoms with van der Waals surface area (Å²) in [4.78, 5) is 24.2. The van der Waals surface area contributed by atoms with Crippen LogP contribution in [0.25, 0.3) is 0 Å². The third kappa shape index (κ3) is 3.41. The first-order chi connectivity index (χ1) is 9.45. The van der Waals surface area contributed by atoms with E-state index in [0.717, 1.165) is 10.4 Å². The monoisotopic (exact) mass is 294 g/mol. The molecule has 0 bridgehead atoms. The second-order valence-electron chi connectivity index (χ2n) is 4.33. The lowest BCUT2D eigenvalue weighted by molar-refractivity contribution is -0.137. The summed E-state index contributed by atoms with van der Waals surface area (Å²) < 4.78 is 1.21. The number of thiophene rings is 1. The summed E-state index contributed by atoms with van der Waals surface area (Å²) in [6, 6.07) is 1.84. The lowest BCUT2D eigenvalue weighted by Gasteiger charge is -1.99. The van der Waals surface area contributed by atoms with Gasteiger partial charge < -0.3 is 10.4 Å². The van der Waals surface area contributed by atoms with E-state index in [1.54, 1.807) is 0 Å². The quantitative estimate of drug-likeness (QED) is 0.856. The van der Waals surface area contributed by atoms with Crippen molar-refractivity contribution < 1.29 is 14.7 Å². The number of hydrogen-bond donors (Lipinski definition) is 2. The number of hydrogen-bond acceptors (Lipinski definition) is 5. The van der Waals surface area contributed by atoms with Gasteiger partial charge in [0.15, 0.2) is 0 Å². The Bertz CT molecular complexity index is 627. The molecule has 2 aromatic rings. The van der Waals surface area contributed by atoms with Crippen molar-refractivity contribution in [3.05, 3.63) is 33.3 Å². The molecule has 2 heterocycles. The van der Waals surface area contributed by atoms with Crippen molar-refractivity contribution in [1.82, 2.24) is 20.3 Å². The van der Waals surface area contributed by atoms with E-state index < -0.39 is 5.97 Å². The van der Waals surface area contributed by atoms with Crippen molar-refractivity contribution in [1.29, 1.82) is 0 Å². The minimum Gasteiger partial charge on any atom is -0.480 e. The van der Waals surface area contributed by atoms with Crippen molar-refractivity contribution in [3.63, 3.8) is 0 Å². The van der Waals surface area contributed by atoms with E-state index >= 15 is 0 Å². The Balaban J connectivity index is 1.93. The standard InChI is InChI=1S/C12H14N4O3S/c1-7-3-10(20-8(7)2)12(19)13-4-9-5-16(15-14-9)6-11(17)18/h3,5H,4,6H2,1-2H3,(H,13,19)(H,17,18). The van der Waals surface area contributed by atoms with Gasteiger partial charge in [-0.3, -0.25) is 9.59 Å². The van der Waals surface area contributed by atoms with Gasteiger partial charge in [-0.25, -0.2) is 4.68 Å². The van der Waals surface area contributed by atoms with Crippen LogP contribution >= 0.6 is 11.3 Å². The van der Waals surface area contributed by atoms with Crippen LogP contribution in [0.3, 0.4) is 0 Å². The summed E-state index contributed by atoms with van der Waals surface area (Å²) in [6.07, 6.45) is 1.50. The molecule has 106 valence electrons. The van der Waals surface area contributed by atoms with Crippen molar-refractivity contribution in [2.45, 2.75) is 26.9 Å². The van der Waals surface area contributed by atoms with Crippen LogP contribution in [0.15, 0.2) is 12.3 Å². The minimum atomic E-state index is -0.991. The molecule has 2 aromatic heterocycles. The van der Waals surface area contributed by atoms with Crippen LogP contribution in [-0.4, -0.2) is 32.0 Å². The number of carbonyl (C=O) groups is 2. The number of aliphatic carboxylic acids is 1. The fraction of sp³-hybridized carbons (Fsp3) is 0.333. The predicted octanol–water partition coefficient (Wildman–Crippen LogP) is 0.971. The third-order valence-electron chi connectivity index (χ3n) is 2.70. The van der Waals surface area contributed by atoms with Gasteiger partial charge in [-0.15, -0.1) is 16.4 Å². The van der Waals surface area contributed by atoms with E-state index in [1.807, 2.05) is 19.9 Å². The number of nitrogens with zero attached hydrogens (tertiary/aromatic N) is 3. The van der Waals surface area contributed by atoms with Crippen molar-refractivity contribution >= 4 is 23.2 Å². The molecule has 20 heavy (non-hydrogen) atoms. The van der Waals surface area contributed by atoms with E-state index in [0.29, 0.717) is 10.6 Å². The number of carboxylic acid groups (broad SMARTS) is 1. The van der Waals surface area contributed by atoms with Gasteiger partial charge in [0.25, 0.3) is 5.91 Å². The van der Waals surface area contributed by atoms with Crippen LogP contribution in [0.4, 0.5) is 0 Å². The molecule has 2 N–H and O–H groups in total. The average molecular weight is 294 g/mol. The van der Waals surface area contributed by atoms with Gasteiger partial charge in [-0.1, -0.05) is 5.21 Å². The normalized spacial score (nSPS) is 10.5. The summed E-state index contributed by atoms with van der Waals surface area (Å²) in [7, 11) is 0. The van der Waals surface area contributed by atoms with Gasteiger partial charge in [-0.05, 0) is 25.5 Å². The number of nitrogens with one attached hydrogen (secondary N) is 1. The lowest BCUT2D eigenvalue weighted by atomic mass is 10.3. The summed E-state index contributed by atoms with van der Waals surface area (Å²) in [5, 5.41) is 18.8. The molecule has 2 rings (SSSR count). The molecule has 0 spiro atoms. The van der Waals surface area contributed by atoms with Gasteiger partial charge >= 0.3 is 5.97 Å². The van der Waals surface area contributed by atoms with Crippen LogP contribution in [-0.2, 0) is 17.9 Å². The molecule has 0 saturated carbocycles. The molecule has 0 aliphatic heterocycles. The Kier molecular flexibility index (Phi) is 4.14. The first-order valence-corrected chi connectivity index (χ1v) is 6.73. The van der Waals surface area contributed by atoms with Gasteiger partial charge in [0.2, 0.25) is 0 Å². The Morgan fingerprint density at radius 2 is 2.20 bits per heavy atom. The van der Waals surface area contributed by atoms with E-state index in [2.05, 4.69) is 15.6 Å². The highest BCUT2D eigenvalue weighted by Gasteiger charge is 2.11. The molecule has 0 aromatic carbocycles. The van der Waals surface area contributed by atoms with Crippen LogP contribution in [0, 0.1) is 13.8 Å². The fourth-order valence-electron chi connectivity index (χ4n) is 1.58. The largest absolute Gasteiger partial charge is 0.480 e. The Morgan fingerprint density at radius 3 is 2.80 bits per heavy atom. The Hall–Kier alpha value is -2.22. The van der Waals surface area contributed by atoms with Crippen LogP contribution in [0.2, 0.25) is 0 Å². The maximum Gasteiger partial charge on any atom is 0.325 e. The summed E-state index contributed by atoms with van der Waals surface area (Å²) in [5.41, 5.74) is 1.61. The predicted molar refractivity (Wildman–Crippen MR) is 72.6 cm³/mol. The zero-order valence-electron chi connectivity index (χ0n) is 11.1. The number of aromatic nitrogens is 3. The van der Waals surface area contributed by atoms with Crippen LogP contribution in [0.5, 0.6) is 0 Å². The molecule has 1 amide bonds. The maximum absolute atomic E-state index is 11.9. The molecule has 0 unspecified atom stereocenters. The molecule has 8 heteroatoms. The first-order valence-electron chi connectivity index (χ1n) is 5.91. The van der Waals surface area contributed by atoms with E-state index in [-0.39, 0.29) is 19.0 Å². The molecular formula is C12H14N4O3S. The molecule has 0 fully saturated rings. The smallest absolute Gasteiger partial charge is 0.325 e. The number of aryl methyl sites for hydroxylation is 2. The summed E-state index contributed by atoms with van der Waals surface area (Å²) >= 11 is 1.44. The van der Waals surface area contributed by atoms with Crippen molar-refractivity contribution in [3.8, 4) is 0 Å². The molecule has 0 atom stereocenters. The highest BCUT2D eigenvalue weighted by molar-refractivity contribution is 7.14. The van der Waals surface area contributed by atoms with Gasteiger partial charge in [0.1, 0.15) is 12.2 Å². The summed E-state index contributed by atoms with van der Waals surface area (Å²) in [6.45, 7) is 3.90. The van der Waals surface area contributed by atoms with E-state index in [1.165, 1.54) is 22.2 Å². The number of carboxylic acids is 1. The maximum atomic E-state index is 11.9. The molecule has 7 nitrogen and oxygen atoms in total. The number of carbonyl (C=O) groups excluding carboxylic acids is 1. The third-order valence-corrected chi connectivity index (χ3v) is 3.85. The Morgan fingerprint density at radius 1 is 1.45 bits per heavy atom. The fourth-order valence-corrected chi connectivity index (χ4v) is 2.53. The van der Waals surface area contributed by atoms with Gasteiger partial charge in [0, 0.05) is 4.88 Å². The summed E-state index contributed by atoms with van der Waals surface area (Å²) in [5.74, 6) is -1.16. The minimum absolute atomic E-state index is 0.168. The molecule has 0 radical (unpaired) electrons. The lowest BCUT2D eigenvalue weighted by Crippen LogP contribution is -2.22. The number of amides is 1. The van der Waals surface area contributed by atoms with E-state index in [4.69, 9.17) is 5.11 Å².